The number of nitrogens with one attached hydrogen (secondary N) is 1. The van der Waals surface area contributed by atoms with Gasteiger partial charge in [-0.3, -0.25) is 0 Å². The molecule has 1 aromatic carbocycles. The van der Waals surface area contributed by atoms with Gasteiger partial charge in [-0.2, -0.15) is 0 Å². The molecule has 1 saturated heterocycles. The van der Waals surface area contributed by atoms with Crippen molar-refractivity contribution in [3.8, 4) is 0 Å². The molecular weight excluding hydrogens is 283 g/mol. The third kappa shape index (κ3) is 4.98. The molecular formula is C17H25FN2O2. The van der Waals surface area contributed by atoms with Crippen LogP contribution in [0.3, 0.4) is 0 Å². The molecule has 4 nitrogen and oxygen atoms in total. The minimum Gasteiger partial charge on any atom is -0.444 e. The fraction of sp³-hybridized carbons (Fsp3) is 0.588. The number of halogens is 1. The first kappa shape index (κ1) is 16.7. The summed E-state index contributed by atoms with van der Waals surface area (Å²) >= 11 is 0. The monoisotopic (exact) mass is 308 g/mol. The van der Waals surface area contributed by atoms with Crippen molar-refractivity contribution in [2.75, 3.05) is 13.1 Å². The summed E-state index contributed by atoms with van der Waals surface area (Å²) in [6.45, 7) is 8.97. The Morgan fingerprint density at radius 1 is 1.45 bits per heavy atom. The molecule has 1 fully saturated rings. The molecule has 0 aromatic heterocycles. The minimum atomic E-state index is -0.458. The Balaban J connectivity index is 1.72. The average Bonchev–Trinajstić information content (AvgIpc) is 2.30. The molecule has 0 saturated carbocycles. The topological polar surface area (TPSA) is 41.6 Å². The molecule has 0 bridgehead atoms. The van der Waals surface area contributed by atoms with E-state index in [9.17, 15) is 9.18 Å². The fourth-order valence-corrected chi connectivity index (χ4v) is 2.54. The van der Waals surface area contributed by atoms with E-state index in [4.69, 9.17) is 4.74 Å². The molecule has 1 heterocycles. The van der Waals surface area contributed by atoms with Gasteiger partial charge in [-0.25, -0.2) is 9.18 Å². The summed E-state index contributed by atoms with van der Waals surface area (Å²) in [6, 6.07) is 7.17. The van der Waals surface area contributed by atoms with Gasteiger partial charge in [0.25, 0.3) is 0 Å². The molecule has 1 aromatic rings. The molecule has 0 aliphatic carbocycles. The van der Waals surface area contributed by atoms with Crippen LogP contribution in [0.25, 0.3) is 0 Å². The van der Waals surface area contributed by atoms with Crippen LogP contribution < -0.4 is 5.32 Å². The van der Waals surface area contributed by atoms with Crippen LogP contribution in [0, 0.1) is 5.82 Å². The highest BCUT2D eigenvalue weighted by Gasteiger charge is 2.34. The standard InChI is InChI=1S/C17H25FN2O2/c1-12(8-13-6-5-7-14(18)9-13)19-15-10-20(11-15)16(21)22-17(2,3)4/h5-7,9,12,15,19H,8,10-11H2,1-4H3. The lowest BCUT2D eigenvalue weighted by molar-refractivity contribution is 0.00435. The third-order valence-corrected chi connectivity index (χ3v) is 3.48. The second kappa shape index (κ2) is 6.65. The van der Waals surface area contributed by atoms with Crippen molar-refractivity contribution >= 4 is 6.09 Å². The molecule has 122 valence electrons. The maximum Gasteiger partial charge on any atom is 0.410 e. The molecule has 2 rings (SSSR count). The van der Waals surface area contributed by atoms with Gasteiger partial charge in [-0.1, -0.05) is 12.1 Å². The van der Waals surface area contributed by atoms with Crippen LogP contribution in [-0.4, -0.2) is 41.8 Å². The van der Waals surface area contributed by atoms with Crippen LogP contribution >= 0.6 is 0 Å². The van der Waals surface area contributed by atoms with E-state index in [1.165, 1.54) is 6.07 Å². The molecule has 0 spiro atoms. The van der Waals surface area contributed by atoms with E-state index in [2.05, 4.69) is 12.2 Å². The van der Waals surface area contributed by atoms with Crippen LogP contribution in [0.5, 0.6) is 0 Å². The largest absolute Gasteiger partial charge is 0.444 e. The van der Waals surface area contributed by atoms with Gasteiger partial charge in [0.15, 0.2) is 0 Å². The fourth-order valence-electron chi connectivity index (χ4n) is 2.54. The number of likely N-dealkylation sites (tertiary alicyclic amines) is 1. The number of carbonyl (C=O) groups is 1. The summed E-state index contributed by atoms with van der Waals surface area (Å²) in [5.74, 6) is -0.204. The Morgan fingerprint density at radius 3 is 2.73 bits per heavy atom. The highest BCUT2D eigenvalue weighted by Crippen LogP contribution is 2.16. The predicted octanol–water partition coefficient (Wildman–Crippen LogP) is 2.97. The zero-order valence-electron chi connectivity index (χ0n) is 13.7. The van der Waals surface area contributed by atoms with Crippen molar-refractivity contribution in [1.29, 1.82) is 0 Å². The Kier molecular flexibility index (Phi) is 5.06. The average molecular weight is 308 g/mol. The predicted molar refractivity (Wildman–Crippen MR) is 84.3 cm³/mol. The molecule has 5 heteroatoms. The number of benzene rings is 1. The Bertz CT molecular complexity index is 522. The number of hydrogen-bond acceptors (Lipinski definition) is 3. The number of rotatable bonds is 4. The molecule has 0 radical (unpaired) electrons. The summed E-state index contributed by atoms with van der Waals surface area (Å²) in [5, 5.41) is 3.46. The van der Waals surface area contributed by atoms with E-state index in [0.29, 0.717) is 13.1 Å². The second-order valence-electron chi connectivity index (χ2n) is 6.98. The third-order valence-electron chi connectivity index (χ3n) is 3.48. The summed E-state index contributed by atoms with van der Waals surface area (Å²) in [7, 11) is 0. The lowest BCUT2D eigenvalue weighted by atomic mass is 10.0. The maximum absolute atomic E-state index is 13.2. The van der Waals surface area contributed by atoms with E-state index in [0.717, 1.165) is 12.0 Å². The summed E-state index contributed by atoms with van der Waals surface area (Å²) in [5.41, 5.74) is 0.517. The van der Waals surface area contributed by atoms with E-state index < -0.39 is 5.60 Å². The first-order valence-corrected chi connectivity index (χ1v) is 7.71. The van der Waals surface area contributed by atoms with Crippen molar-refractivity contribution in [3.05, 3.63) is 35.6 Å². The zero-order chi connectivity index (χ0) is 16.3. The number of amides is 1. The lowest BCUT2D eigenvalue weighted by Gasteiger charge is -2.41. The van der Waals surface area contributed by atoms with Gasteiger partial charge < -0.3 is 15.0 Å². The lowest BCUT2D eigenvalue weighted by Crippen LogP contribution is -2.62. The van der Waals surface area contributed by atoms with Crippen molar-refractivity contribution in [2.45, 2.75) is 51.8 Å². The molecule has 1 amide bonds. The van der Waals surface area contributed by atoms with E-state index in [1.54, 1.807) is 17.0 Å². The van der Waals surface area contributed by atoms with E-state index in [-0.39, 0.29) is 24.0 Å². The normalized spacial score (nSPS) is 17.0. The van der Waals surface area contributed by atoms with Gasteiger partial charge in [0.2, 0.25) is 0 Å². The van der Waals surface area contributed by atoms with Crippen LogP contribution in [0.1, 0.15) is 33.3 Å². The summed E-state index contributed by atoms with van der Waals surface area (Å²) in [4.78, 5) is 13.5. The molecule has 1 N–H and O–H groups in total. The van der Waals surface area contributed by atoms with Gasteiger partial charge in [0, 0.05) is 25.2 Å². The van der Waals surface area contributed by atoms with Gasteiger partial charge >= 0.3 is 6.09 Å². The zero-order valence-corrected chi connectivity index (χ0v) is 13.7. The summed E-state index contributed by atoms with van der Waals surface area (Å²) in [6.07, 6.45) is 0.504. The first-order valence-electron chi connectivity index (χ1n) is 7.71. The number of nitrogens with zero attached hydrogens (tertiary/aromatic N) is 1. The van der Waals surface area contributed by atoms with Crippen LogP contribution in [0.15, 0.2) is 24.3 Å². The van der Waals surface area contributed by atoms with Gasteiger partial charge in [0.05, 0.1) is 0 Å². The van der Waals surface area contributed by atoms with E-state index >= 15 is 0 Å². The van der Waals surface area contributed by atoms with Crippen molar-refractivity contribution in [1.82, 2.24) is 10.2 Å². The van der Waals surface area contributed by atoms with Crippen molar-refractivity contribution < 1.29 is 13.9 Å². The van der Waals surface area contributed by atoms with Crippen LogP contribution in [0.4, 0.5) is 9.18 Å². The Morgan fingerprint density at radius 2 is 2.14 bits per heavy atom. The van der Waals surface area contributed by atoms with Gasteiger partial charge in [0.1, 0.15) is 11.4 Å². The van der Waals surface area contributed by atoms with Gasteiger partial charge in [-0.05, 0) is 51.8 Å². The Labute approximate surface area is 131 Å². The molecule has 1 aliphatic rings. The highest BCUT2D eigenvalue weighted by atomic mass is 19.1. The molecule has 1 unspecified atom stereocenters. The molecule has 1 atom stereocenters. The number of carbonyl (C=O) groups excluding carboxylic acids is 1. The first-order chi connectivity index (χ1) is 10.2. The van der Waals surface area contributed by atoms with Crippen molar-refractivity contribution in [3.63, 3.8) is 0 Å². The summed E-state index contributed by atoms with van der Waals surface area (Å²) < 4.78 is 18.5. The van der Waals surface area contributed by atoms with Crippen molar-refractivity contribution in [2.24, 2.45) is 0 Å². The Hall–Kier alpha value is -1.62. The van der Waals surface area contributed by atoms with Gasteiger partial charge in [-0.15, -0.1) is 0 Å². The number of hydrogen-bond donors (Lipinski definition) is 1. The van der Waals surface area contributed by atoms with E-state index in [1.807, 2.05) is 26.8 Å². The number of ether oxygens (including phenoxy) is 1. The highest BCUT2D eigenvalue weighted by molar-refractivity contribution is 5.69. The van der Waals surface area contributed by atoms with Crippen LogP contribution in [-0.2, 0) is 11.2 Å². The van der Waals surface area contributed by atoms with Crippen LogP contribution in [0.2, 0.25) is 0 Å². The second-order valence-corrected chi connectivity index (χ2v) is 6.98. The maximum atomic E-state index is 13.2. The molecule has 1 aliphatic heterocycles. The molecule has 22 heavy (non-hydrogen) atoms. The quantitative estimate of drug-likeness (QED) is 0.930. The smallest absolute Gasteiger partial charge is 0.410 e. The minimum absolute atomic E-state index is 0.204. The SMILES string of the molecule is CC(Cc1cccc(F)c1)NC1CN(C(=O)OC(C)(C)C)C1.